The number of hydrogen-bond donors (Lipinski definition) is 1. The van der Waals surface area contributed by atoms with Gasteiger partial charge in [0, 0.05) is 32.2 Å². The monoisotopic (exact) mass is 570 g/mol. The summed E-state index contributed by atoms with van der Waals surface area (Å²) in [5.41, 5.74) is 4.19. The highest BCUT2D eigenvalue weighted by atomic mass is 16.5. The number of hydrogen-bond acceptors (Lipinski definition) is 7. The maximum Gasteiger partial charge on any atom is 0.332 e. The van der Waals surface area contributed by atoms with Crippen LogP contribution in [0.1, 0.15) is 51.4 Å². The van der Waals surface area contributed by atoms with E-state index in [4.69, 9.17) is 9.72 Å². The number of unbranched alkanes of at least 4 members (excludes halogenated alkanes) is 2. The zero-order valence-electron chi connectivity index (χ0n) is 24.7. The Labute approximate surface area is 244 Å². The molecule has 0 radical (unpaired) electrons. The molecule has 42 heavy (non-hydrogen) atoms. The third-order valence-corrected chi connectivity index (χ3v) is 7.38. The van der Waals surface area contributed by atoms with E-state index >= 15 is 0 Å². The lowest BCUT2D eigenvalue weighted by Crippen LogP contribution is -2.42. The Kier molecular flexibility index (Phi) is 9.06. The third kappa shape index (κ3) is 5.96. The molecule has 1 N–H and O–H groups in total. The number of rotatable bonds is 13. The maximum atomic E-state index is 13.9. The molecule has 220 valence electrons. The molecule has 0 spiro atoms. The van der Waals surface area contributed by atoms with Gasteiger partial charge >= 0.3 is 5.69 Å². The van der Waals surface area contributed by atoms with E-state index in [1.54, 1.807) is 11.7 Å². The number of nitrogens with one attached hydrogen (secondary N) is 1. The normalized spacial score (nSPS) is 11.6. The number of imidazole rings is 1. The third-order valence-electron chi connectivity index (χ3n) is 7.38. The molecular weight excluding hydrogens is 532 g/mol. The largest absolute Gasteiger partial charge is 0.383 e. The van der Waals surface area contributed by atoms with Gasteiger partial charge in [-0.2, -0.15) is 5.21 Å². The predicted molar refractivity (Wildman–Crippen MR) is 162 cm³/mol. The lowest BCUT2D eigenvalue weighted by Gasteiger charge is -2.14. The first kappa shape index (κ1) is 29.1. The topological polar surface area (TPSA) is 126 Å². The molecule has 0 aliphatic carbocycles. The van der Waals surface area contributed by atoms with E-state index in [0.29, 0.717) is 30.1 Å². The molecule has 0 bridgehead atoms. The summed E-state index contributed by atoms with van der Waals surface area (Å²) in [4.78, 5) is 32.3. The van der Waals surface area contributed by atoms with E-state index in [-0.39, 0.29) is 30.3 Å². The Balaban J connectivity index is 1.59. The molecule has 0 amide bonds. The lowest BCUT2D eigenvalue weighted by molar-refractivity contribution is 0.184. The van der Waals surface area contributed by atoms with Gasteiger partial charge in [0.25, 0.3) is 5.56 Å². The number of benzene rings is 2. The molecule has 0 saturated heterocycles. The smallest absolute Gasteiger partial charge is 0.332 e. The number of aromatic nitrogens is 8. The highest BCUT2D eigenvalue weighted by Gasteiger charge is 2.22. The van der Waals surface area contributed by atoms with Crippen molar-refractivity contribution in [3.63, 3.8) is 0 Å². The molecule has 2 aromatic carbocycles. The van der Waals surface area contributed by atoms with Gasteiger partial charge in [-0.3, -0.25) is 13.9 Å². The molecule has 0 aliphatic heterocycles. The predicted octanol–water partition coefficient (Wildman–Crippen LogP) is 4.29. The molecule has 11 heteroatoms. The first-order valence-corrected chi connectivity index (χ1v) is 14.6. The number of tetrazole rings is 1. The molecule has 5 aromatic rings. The van der Waals surface area contributed by atoms with Crippen LogP contribution in [0.5, 0.6) is 0 Å². The summed E-state index contributed by atoms with van der Waals surface area (Å²) in [6.45, 7) is 7.67. The van der Waals surface area contributed by atoms with Crippen molar-refractivity contribution in [1.82, 2.24) is 39.3 Å². The van der Waals surface area contributed by atoms with Crippen LogP contribution < -0.4 is 11.2 Å². The van der Waals surface area contributed by atoms with E-state index in [1.807, 2.05) is 28.8 Å². The first-order chi connectivity index (χ1) is 20.4. The average molecular weight is 571 g/mol. The van der Waals surface area contributed by atoms with Crippen molar-refractivity contribution in [1.29, 1.82) is 0 Å². The first-order valence-electron chi connectivity index (χ1n) is 14.6. The molecule has 11 nitrogen and oxygen atoms in total. The fourth-order valence-electron chi connectivity index (χ4n) is 5.32. The number of methoxy groups -OCH3 is 1. The molecule has 0 atom stereocenters. The molecule has 3 aromatic heterocycles. The van der Waals surface area contributed by atoms with Gasteiger partial charge in [-0.25, -0.2) is 9.78 Å². The van der Waals surface area contributed by atoms with E-state index in [9.17, 15) is 9.59 Å². The molecule has 0 fully saturated rings. The number of H-pyrrole nitrogens is 1. The Morgan fingerprint density at radius 3 is 2.38 bits per heavy atom. The van der Waals surface area contributed by atoms with Gasteiger partial charge in [0.15, 0.2) is 11.2 Å². The minimum absolute atomic E-state index is 0.188. The maximum absolute atomic E-state index is 13.9. The fraction of sp³-hybridized carbons (Fsp3) is 0.419. The van der Waals surface area contributed by atoms with Gasteiger partial charge < -0.3 is 9.30 Å². The zero-order chi connectivity index (χ0) is 29.6. The van der Waals surface area contributed by atoms with Crippen LogP contribution >= 0.6 is 0 Å². The van der Waals surface area contributed by atoms with E-state index < -0.39 is 0 Å². The number of aryl methyl sites for hydroxylation is 1. The van der Waals surface area contributed by atoms with Crippen LogP contribution in [0.3, 0.4) is 0 Å². The van der Waals surface area contributed by atoms with Crippen molar-refractivity contribution >= 4 is 11.2 Å². The van der Waals surface area contributed by atoms with E-state index in [2.05, 4.69) is 65.7 Å². The SMILES string of the molecule is CCCCCc1nc2c(c(=O)n(CCOC)c(=O)n2CC(C)C)n1Cc1ccc(-c2ccccc2-c2nn[nH]n2)cc1. The highest BCUT2D eigenvalue weighted by molar-refractivity contribution is 5.80. The van der Waals surface area contributed by atoms with Crippen LogP contribution in [-0.2, 0) is 30.8 Å². The van der Waals surface area contributed by atoms with Crippen molar-refractivity contribution in [2.75, 3.05) is 13.7 Å². The Morgan fingerprint density at radius 1 is 0.952 bits per heavy atom. The second kappa shape index (κ2) is 13.1. The number of fused-ring (bicyclic) bond motifs is 1. The highest BCUT2D eigenvalue weighted by Crippen LogP contribution is 2.30. The van der Waals surface area contributed by atoms with Crippen LogP contribution in [0.15, 0.2) is 58.1 Å². The van der Waals surface area contributed by atoms with E-state index in [0.717, 1.165) is 53.8 Å². The van der Waals surface area contributed by atoms with Crippen LogP contribution in [0.2, 0.25) is 0 Å². The summed E-state index contributed by atoms with van der Waals surface area (Å²) in [5, 5.41) is 14.5. The van der Waals surface area contributed by atoms with E-state index in [1.165, 1.54) is 4.57 Å². The van der Waals surface area contributed by atoms with Gasteiger partial charge in [0.2, 0.25) is 5.82 Å². The molecule has 0 aliphatic rings. The second-order valence-corrected chi connectivity index (χ2v) is 11.0. The Morgan fingerprint density at radius 2 is 1.71 bits per heavy atom. The van der Waals surface area contributed by atoms with Crippen molar-refractivity contribution < 1.29 is 4.74 Å². The molecular formula is C31H38N8O3. The lowest BCUT2D eigenvalue weighted by atomic mass is 9.98. The molecule has 0 unspecified atom stereocenters. The Hall–Kier alpha value is -4.38. The quantitative estimate of drug-likeness (QED) is 0.209. The summed E-state index contributed by atoms with van der Waals surface area (Å²) in [6.07, 6.45) is 3.83. The summed E-state index contributed by atoms with van der Waals surface area (Å²) in [6, 6.07) is 16.2. The van der Waals surface area contributed by atoms with Crippen LogP contribution in [-0.4, -0.2) is 53.0 Å². The standard InChI is InChI=1S/C31H38N8O3/c1-5-6-7-12-26-32-29-27(30(40)37(17-18-42-4)31(41)39(29)19-21(2)3)38(26)20-22-13-15-23(16-14-22)24-10-8-9-11-25(24)28-33-35-36-34-28/h8-11,13-16,21H,5-7,12,17-20H2,1-4H3,(H,33,34,35,36). The minimum Gasteiger partial charge on any atom is -0.383 e. The van der Waals surface area contributed by atoms with Crippen molar-refractivity contribution in [3.8, 4) is 22.5 Å². The van der Waals surface area contributed by atoms with Crippen LogP contribution in [0, 0.1) is 5.92 Å². The fourth-order valence-corrected chi connectivity index (χ4v) is 5.32. The molecule has 0 saturated carbocycles. The number of ether oxygens (including phenoxy) is 1. The zero-order valence-corrected chi connectivity index (χ0v) is 24.7. The van der Waals surface area contributed by atoms with Gasteiger partial charge in [-0.15, -0.1) is 10.2 Å². The number of aromatic amines is 1. The average Bonchev–Trinajstić information content (AvgIpc) is 3.65. The minimum atomic E-state index is -0.340. The summed E-state index contributed by atoms with van der Waals surface area (Å²) < 4.78 is 10.2. The van der Waals surface area contributed by atoms with Crippen molar-refractivity contribution in [2.24, 2.45) is 5.92 Å². The van der Waals surface area contributed by atoms with Gasteiger partial charge in [-0.1, -0.05) is 82.1 Å². The van der Waals surface area contributed by atoms with Crippen molar-refractivity contribution in [3.05, 3.63) is 80.8 Å². The molecule has 3 heterocycles. The van der Waals surface area contributed by atoms with Crippen LogP contribution in [0.25, 0.3) is 33.7 Å². The van der Waals surface area contributed by atoms with Gasteiger partial charge in [0.1, 0.15) is 5.82 Å². The van der Waals surface area contributed by atoms with Crippen molar-refractivity contribution in [2.45, 2.75) is 66.1 Å². The second-order valence-electron chi connectivity index (χ2n) is 11.0. The summed E-state index contributed by atoms with van der Waals surface area (Å²) in [5.74, 6) is 1.56. The van der Waals surface area contributed by atoms with Gasteiger partial charge in [-0.05, 0) is 34.2 Å². The number of nitrogens with zero attached hydrogens (tertiary/aromatic N) is 7. The van der Waals surface area contributed by atoms with Crippen LogP contribution in [0.4, 0.5) is 0 Å². The summed E-state index contributed by atoms with van der Waals surface area (Å²) in [7, 11) is 1.57. The summed E-state index contributed by atoms with van der Waals surface area (Å²) >= 11 is 0. The Bertz CT molecular complexity index is 1750. The molecule has 5 rings (SSSR count). The van der Waals surface area contributed by atoms with Gasteiger partial charge in [0.05, 0.1) is 13.2 Å².